The van der Waals surface area contributed by atoms with Gasteiger partial charge in [0, 0.05) is 7.05 Å². The van der Waals surface area contributed by atoms with Crippen molar-refractivity contribution in [2.75, 3.05) is 7.05 Å². The Kier molecular flexibility index (Phi) is 6.50. The molecule has 0 fully saturated rings. The summed E-state index contributed by atoms with van der Waals surface area (Å²) in [6, 6.07) is 6.93. The number of nitrogens with one attached hydrogen (secondary N) is 1. The van der Waals surface area contributed by atoms with E-state index < -0.39 is 0 Å². The molecule has 0 unspecified atom stereocenters. The summed E-state index contributed by atoms with van der Waals surface area (Å²) in [5.74, 6) is -0.157. The van der Waals surface area contributed by atoms with Crippen LogP contribution in [0.15, 0.2) is 36.9 Å². The molecule has 0 saturated carbocycles. The summed E-state index contributed by atoms with van der Waals surface area (Å²) in [4.78, 5) is 11.0. The standard InChI is InChI=1S/C8H8ClNO.C3H6/c1-10-8(11)6-4-2-3-5-7(6)9;1-3-2/h2-5H,1H3,(H,10,11);3H,1H2,2H3. The molecule has 76 valence electrons. The van der Waals surface area contributed by atoms with E-state index in [0.29, 0.717) is 10.6 Å². The van der Waals surface area contributed by atoms with Crippen molar-refractivity contribution in [3.05, 3.63) is 47.5 Å². The Bertz CT molecular complexity index is 310. The molecule has 0 heterocycles. The molecule has 0 bridgehead atoms. The van der Waals surface area contributed by atoms with Crippen molar-refractivity contribution in [3.8, 4) is 0 Å². The Hall–Kier alpha value is -1.28. The van der Waals surface area contributed by atoms with Crippen LogP contribution in [0.5, 0.6) is 0 Å². The first-order chi connectivity index (χ1) is 6.67. The normalized spacial score (nSPS) is 8.21. The van der Waals surface area contributed by atoms with E-state index in [9.17, 15) is 4.79 Å². The van der Waals surface area contributed by atoms with Crippen LogP contribution in [-0.4, -0.2) is 13.0 Å². The number of carbonyl (C=O) groups excluding carboxylic acids is 1. The second-order valence-electron chi connectivity index (χ2n) is 2.47. The minimum absolute atomic E-state index is 0.157. The lowest BCUT2D eigenvalue weighted by molar-refractivity contribution is 0.0963. The smallest absolute Gasteiger partial charge is 0.252 e. The van der Waals surface area contributed by atoms with E-state index in [1.165, 1.54) is 0 Å². The van der Waals surface area contributed by atoms with Crippen molar-refractivity contribution < 1.29 is 4.79 Å². The lowest BCUT2D eigenvalue weighted by Gasteiger charge is -2.00. The summed E-state index contributed by atoms with van der Waals surface area (Å²) < 4.78 is 0. The minimum Gasteiger partial charge on any atom is -0.355 e. The van der Waals surface area contributed by atoms with E-state index in [0.717, 1.165) is 0 Å². The third-order valence-electron chi connectivity index (χ3n) is 1.35. The van der Waals surface area contributed by atoms with Crippen LogP contribution in [0, 0.1) is 0 Å². The van der Waals surface area contributed by atoms with E-state index in [1.807, 2.05) is 6.92 Å². The molecule has 0 saturated heterocycles. The van der Waals surface area contributed by atoms with Crippen molar-refractivity contribution in [3.63, 3.8) is 0 Å². The molecule has 2 nitrogen and oxygen atoms in total. The van der Waals surface area contributed by atoms with Gasteiger partial charge < -0.3 is 5.32 Å². The van der Waals surface area contributed by atoms with E-state index in [1.54, 1.807) is 37.4 Å². The molecule has 0 aliphatic rings. The Morgan fingerprint density at radius 2 is 2.00 bits per heavy atom. The van der Waals surface area contributed by atoms with Crippen molar-refractivity contribution in [2.24, 2.45) is 0 Å². The predicted octanol–water partition coefficient (Wildman–Crippen LogP) is 2.89. The number of amides is 1. The van der Waals surface area contributed by atoms with Crippen LogP contribution in [0.25, 0.3) is 0 Å². The highest BCUT2D eigenvalue weighted by molar-refractivity contribution is 6.33. The van der Waals surface area contributed by atoms with Gasteiger partial charge in [-0.15, -0.1) is 6.58 Å². The molecule has 0 aromatic heterocycles. The van der Waals surface area contributed by atoms with Gasteiger partial charge in [0.2, 0.25) is 0 Å². The van der Waals surface area contributed by atoms with E-state index >= 15 is 0 Å². The van der Waals surface area contributed by atoms with Crippen LogP contribution in [0.4, 0.5) is 0 Å². The molecule has 0 aliphatic heterocycles. The van der Waals surface area contributed by atoms with Crippen LogP contribution in [0.2, 0.25) is 5.02 Å². The van der Waals surface area contributed by atoms with E-state index in [2.05, 4.69) is 11.9 Å². The van der Waals surface area contributed by atoms with Gasteiger partial charge >= 0.3 is 0 Å². The number of rotatable bonds is 1. The van der Waals surface area contributed by atoms with Gasteiger partial charge in [-0.05, 0) is 19.1 Å². The number of benzene rings is 1. The molecule has 0 aliphatic carbocycles. The van der Waals surface area contributed by atoms with Crippen molar-refractivity contribution in [1.29, 1.82) is 0 Å². The molecule has 1 amide bonds. The third kappa shape index (κ3) is 4.10. The summed E-state index contributed by atoms with van der Waals surface area (Å²) in [6.07, 6.45) is 1.75. The highest BCUT2D eigenvalue weighted by Gasteiger charge is 2.05. The van der Waals surface area contributed by atoms with Gasteiger partial charge in [0.05, 0.1) is 10.6 Å². The Morgan fingerprint density at radius 3 is 2.43 bits per heavy atom. The molecular weight excluding hydrogens is 198 g/mol. The minimum atomic E-state index is -0.157. The fourth-order valence-corrected chi connectivity index (χ4v) is 1.00. The van der Waals surface area contributed by atoms with Gasteiger partial charge in [0.1, 0.15) is 0 Å². The molecule has 3 heteroatoms. The zero-order valence-electron chi connectivity index (χ0n) is 8.38. The maximum atomic E-state index is 11.0. The predicted molar refractivity (Wildman–Crippen MR) is 60.7 cm³/mol. The highest BCUT2D eigenvalue weighted by Crippen LogP contribution is 2.13. The van der Waals surface area contributed by atoms with Gasteiger partial charge in [0.25, 0.3) is 5.91 Å². The summed E-state index contributed by atoms with van der Waals surface area (Å²) in [7, 11) is 1.58. The zero-order valence-corrected chi connectivity index (χ0v) is 9.14. The van der Waals surface area contributed by atoms with Gasteiger partial charge in [-0.25, -0.2) is 0 Å². The molecule has 1 aromatic rings. The number of hydrogen-bond acceptors (Lipinski definition) is 1. The second-order valence-corrected chi connectivity index (χ2v) is 2.87. The van der Waals surface area contributed by atoms with Gasteiger partial charge in [-0.1, -0.05) is 29.8 Å². The summed E-state index contributed by atoms with van der Waals surface area (Å²) in [6.45, 7) is 5.25. The van der Waals surface area contributed by atoms with Gasteiger partial charge in [0.15, 0.2) is 0 Å². The van der Waals surface area contributed by atoms with Crippen molar-refractivity contribution >= 4 is 17.5 Å². The largest absolute Gasteiger partial charge is 0.355 e. The molecule has 14 heavy (non-hydrogen) atoms. The topological polar surface area (TPSA) is 29.1 Å². The lowest BCUT2D eigenvalue weighted by atomic mass is 10.2. The first-order valence-electron chi connectivity index (χ1n) is 4.21. The average molecular weight is 212 g/mol. The summed E-state index contributed by atoms with van der Waals surface area (Å²) in [5.41, 5.74) is 0.511. The number of carbonyl (C=O) groups is 1. The Labute approximate surface area is 89.6 Å². The number of allylic oxidation sites excluding steroid dienone is 1. The number of hydrogen-bond donors (Lipinski definition) is 1. The zero-order chi connectivity index (χ0) is 11.0. The first kappa shape index (κ1) is 12.7. The van der Waals surface area contributed by atoms with E-state index in [4.69, 9.17) is 11.6 Å². The molecule has 0 spiro atoms. The monoisotopic (exact) mass is 211 g/mol. The van der Waals surface area contributed by atoms with Crippen LogP contribution >= 0.6 is 11.6 Å². The van der Waals surface area contributed by atoms with Crippen molar-refractivity contribution in [1.82, 2.24) is 5.32 Å². The molecular formula is C11H14ClNO. The van der Waals surface area contributed by atoms with Gasteiger partial charge in [-0.3, -0.25) is 4.79 Å². The van der Waals surface area contributed by atoms with Crippen LogP contribution < -0.4 is 5.32 Å². The SMILES string of the molecule is C=CC.CNC(=O)c1ccccc1Cl. The molecule has 0 radical (unpaired) electrons. The van der Waals surface area contributed by atoms with Crippen LogP contribution in [0.1, 0.15) is 17.3 Å². The Morgan fingerprint density at radius 1 is 1.50 bits per heavy atom. The number of halogens is 1. The summed E-state index contributed by atoms with van der Waals surface area (Å²) >= 11 is 5.74. The van der Waals surface area contributed by atoms with Gasteiger partial charge in [-0.2, -0.15) is 0 Å². The highest BCUT2D eigenvalue weighted by atomic mass is 35.5. The maximum Gasteiger partial charge on any atom is 0.252 e. The average Bonchev–Trinajstić information content (AvgIpc) is 2.19. The molecule has 1 rings (SSSR count). The third-order valence-corrected chi connectivity index (χ3v) is 1.68. The second kappa shape index (κ2) is 7.15. The molecule has 0 atom stereocenters. The first-order valence-corrected chi connectivity index (χ1v) is 4.58. The fourth-order valence-electron chi connectivity index (χ4n) is 0.780. The summed E-state index contributed by atoms with van der Waals surface area (Å²) in [5, 5.41) is 2.98. The van der Waals surface area contributed by atoms with E-state index in [-0.39, 0.29) is 5.91 Å². The maximum absolute atomic E-state index is 11.0. The lowest BCUT2D eigenvalue weighted by Crippen LogP contribution is -2.17. The van der Waals surface area contributed by atoms with Crippen molar-refractivity contribution in [2.45, 2.75) is 6.92 Å². The van der Waals surface area contributed by atoms with Crippen LogP contribution in [-0.2, 0) is 0 Å². The fraction of sp³-hybridized carbons (Fsp3) is 0.182. The van der Waals surface area contributed by atoms with Crippen LogP contribution in [0.3, 0.4) is 0 Å². The quantitative estimate of drug-likeness (QED) is 0.712. The molecule has 1 aromatic carbocycles. The Balaban J connectivity index is 0.000000500. The molecule has 1 N–H and O–H groups in total.